The van der Waals surface area contributed by atoms with Crippen LogP contribution in [0.4, 0.5) is 0 Å². The van der Waals surface area contributed by atoms with E-state index < -0.39 is 0 Å². The SMILES string of the molecule is Cc1cc(C)c(C2=NC(C)C(C)C2)cn1. The van der Waals surface area contributed by atoms with Gasteiger partial charge in [-0.1, -0.05) is 6.92 Å². The van der Waals surface area contributed by atoms with E-state index in [-0.39, 0.29) is 0 Å². The number of rotatable bonds is 1. The summed E-state index contributed by atoms with van der Waals surface area (Å²) < 4.78 is 0. The molecule has 2 nitrogen and oxygen atoms in total. The van der Waals surface area contributed by atoms with Crippen molar-refractivity contribution in [2.45, 2.75) is 40.2 Å². The van der Waals surface area contributed by atoms with Crippen molar-refractivity contribution in [2.75, 3.05) is 0 Å². The lowest BCUT2D eigenvalue weighted by Gasteiger charge is -2.06. The second-order valence-electron chi connectivity index (χ2n) is 4.64. The number of aromatic nitrogens is 1. The van der Waals surface area contributed by atoms with Gasteiger partial charge in [-0.05, 0) is 44.7 Å². The Balaban J connectivity index is 2.35. The van der Waals surface area contributed by atoms with Crippen molar-refractivity contribution in [1.82, 2.24) is 4.98 Å². The van der Waals surface area contributed by atoms with Crippen LogP contribution in [0.3, 0.4) is 0 Å². The van der Waals surface area contributed by atoms with Gasteiger partial charge >= 0.3 is 0 Å². The molecule has 0 fully saturated rings. The van der Waals surface area contributed by atoms with Crippen molar-refractivity contribution in [3.05, 3.63) is 29.1 Å². The summed E-state index contributed by atoms with van der Waals surface area (Å²) in [7, 11) is 0. The summed E-state index contributed by atoms with van der Waals surface area (Å²) in [6, 6.07) is 2.59. The number of nitrogens with zero attached hydrogens (tertiary/aromatic N) is 2. The predicted molar refractivity (Wildman–Crippen MR) is 63.5 cm³/mol. The maximum absolute atomic E-state index is 4.71. The van der Waals surface area contributed by atoms with Crippen LogP contribution in [0.25, 0.3) is 0 Å². The zero-order valence-corrected chi connectivity index (χ0v) is 9.91. The minimum Gasteiger partial charge on any atom is -0.286 e. The number of aryl methyl sites for hydroxylation is 2. The van der Waals surface area contributed by atoms with Crippen LogP contribution < -0.4 is 0 Å². The molecule has 2 unspecified atom stereocenters. The van der Waals surface area contributed by atoms with Gasteiger partial charge in [0.1, 0.15) is 0 Å². The van der Waals surface area contributed by atoms with Crippen LogP contribution in [0.1, 0.15) is 37.1 Å². The summed E-state index contributed by atoms with van der Waals surface area (Å²) in [6.45, 7) is 8.62. The summed E-state index contributed by atoms with van der Waals surface area (Å²) >= 11 is 0. The Kier molecular flexibility index (Phi) is 2.59. The Morgan fingerprint density at radius 1 is 1.27 bits per heavy atom. The third-order valence-electron chi connectivity index (χ3n) is 3.26. The molecule has 15 heavy (non-hydrogen) atoms. The molecule has 0 N–H and O–H groups in total. The fraction of sp³-hybridized carbons (Fsp3) is 0.538. The standard InChI is InChI=1S/C13H18N2/c1-8-6-13(15-11(8)4)12-7-14-10(3)5-9(12)2/h5,7-8,11H,6H2,1-4H3. The minimum absolute atomic E-state index is 0.459. The molecule has 0 saturated carbocycles. The molecule has 2 rings (SSSR count). The Morgan fingerprint density at radius 2 is 2.00 bits per heavy atom. The van der Waals surface area contributed by atoms with Gasteiger partial charge in [0.15, 0.2) is 0 Å². The average Bonchev–Trinajstić information content (AvgIpc) is 2.46. The smallest absolute Gasteiger partial charge is 0.0504 e. The van der Waals surface area contributed by atoms with Crippen molar-refractivity contribution in [3.8, 4) is 0 Å². The Hall–Kier alpha value is -1.18. The van der Waals surface area contributed by atoms with E-state index in [1.54, 1.807) is 0 Å². The van der Waals surface area contributed by atoms with E-state index in [9.17, 15) is 0 Å². The molecule has 2 heterocycles. The highest BCUT2D eigenvalue weighted by Crippen LogP contribution is 2.25. The van der Waals surface area contributed by atoms with Gasteiger partial charge in [0.25, 0.3) is 0 Å². The largest absolute Gasteiger partial charge is 0.286 e. The van der Waals surface area contributed by atoms with Crippen molar-refractivity contribution in [1.29, 1.82) is 0 Å². The highest BCUT2D eigenvalue weighted by Gasteiger charge is 2.23. The van der Waals surface area contributed by atoms with E-state index in [0.29, 0.717) is 12.0 Å². The van der Waals surface area contributed by atoms with E-state index in [1.807, 2.05) is 13.1 Å². The third kappa shape index (κ3) is 1.94. The lowest BCUT2D eigenvalue weighted by atomic mass is 9.97. The van der Waals surface area contributed by atoms with Gasteiger partial charge in [-0.3, -0.25) is 9.98 Å². The van der Waals surface area contributed by atoms with Crippen LogP contribution in [0.15, 0.2) is 17.3 Å². The summed E-state index contributed by atoms with van der Waals surface area (Å²) in [5, 5.41) is 0. The second-order valence-corrected chi connectivity index (χ2v) is 4.64. The molecule has 1 aromatic rings. The first kappa shape index (κ1) is 10.3. The van der Waals surface area contributed by atoms with E-state index in [2.05, 4.69) is 31.8 Å². The number of pyridine rings is 1. The van der Waals surface area contributed by atoms with Crippen LogP contribution in [0, 0.1) is 19.8 Å². The van der Waals surface area contributed by atoms with Crippen LogP contribution >= 0.6 is 0 Å². The Morgan fingerprint density at radius 3 is 2.53 bits per heavy atom. The molecule has 80 valence electrons. The number of aliphatic imine (C=N–C) groups is 1. The molecule has 1 aromatic heterocycles. The average molecular weight is 202 g/mol. The van der Waals surface area contributed by atoms with Crippen LogP contribution in [-0.2, 0) is 0 Å². The van der Waals surface area contributed by atoms with E-state index in [0.717, 1.165) is 12.1 Å². The van der Waals surface area contributed by atoms with Gasteiger partial charge in [-0.25, -0.2) is 0 Å². The maximum Gasteiger partial charge on any atom is 0.0504 e. The summed E-state index contributed by atoms with van der Waals surface area (Å²) in [5.74, 6) is 0.667. The van der Waals surface area contributed by atoms with Gasteiger partial charge in [0.2, 0.25) is 0 Å². The minimum atomic E-state index is 0.459. The Labute approximate surface area is 91.5 Å². The molecule has 1 aliphatic heterocycles. The molecule has 0 amide bonds. The highest BCUT2D eigenvalue weighted by molar-refractivity contribution is 6.02. The molecular formula is C13H18N2. The van der Waals surface area contributed by atoms with Gasteiger partial charge < -0.3 is 0 Å². The Bertz CT molecular complexity index is 407. The molecule has 0 aliphatic carbocycles. The first-order valence-corrected chi connectivity index (χ1v) is 5.58. The molecule has 2 atom stereocenters. The number of hydrogen-bond acceptors (Lipinski definition) is 2. The first-order chi connectivity index (χ1) is 7.08. The van der Waals surface area contributed by atoms with E-state index in [1.165, 1.54) is 16.8 Å². The van der Waals surface area contributed by atoms with Gasteiger partial charge in [0, 0.05) is 23.2 Å². The van der Waals surface area contributed by atoms with Crippen LogP contribution in [-0.4, -0.2) is 16.7 Å². The summed E-state index contributed by atoms with van der Waals surface area (Å²) in [5.41, 5.74) is 4.84. The quantitative estimate of drug-likeness (QED) is 0.687. The molecule has 0 bridgehead atoms. The lowest BCUT2D eigenvalue weighted by molar-refractivity contribution is 0.539. The molecule has 2 heteroatoms. The molecule has 0 radical (unpaired) electrons. The monoisotopic (exact) mass is 202 g/mol. The number of hydrogen-bond donors (Lipinski definition) is 0. The van der Waals surface area contributed by atoms with E-state index >= 15 is 0 Å². The zero-order chi connectivity index (χ0) is 11.0. The molecule has 0 spiro atoms. The molecule has 1 aliphatic rings. The zero-order valence-electron chi connectivity index (χ0n) is 9.91. The van der Waals surface area contributed by atoms with E-state index in [4.69, 9.17) is 4.99 Å². The van der Waals surface area contributed by atoms with Crippen molar-refractivity contribution >= 4 is 5.71 Å². The third-order valence-corrected chi connectivity index (χ3v) is 3.26. The second kappa shape index (κ2) is 3.76. The van der Waals surface area contributed by atoms with Crippen LogP contribution in [0.5, 0.6) is 0 Å². The predicted octanol–water partition coefficient (Wildman–Crippen LogP) is 2.92. The first-order valence-electron chi connectivity index (χ1n) is 5.58. The molecule has 0 saturated heterocycles. The fourth-order valence-electron chi connectivity index (χ4n) is 2.08. The summed E-state index contributed by atoms with van der Waals surface area (Å²) in [6.07, 6.45) is 3.06. The normalized spacial score (nSPS) is 25.5. The van der Waals surface area contributed by atoms with Crippen molar-refractivity contribution in [3.63, 3.8) is 0 Å². The summed E-state index contributed by atoms with van der Waals surface area (Å²) in [4.78, 5) is 9.06. The van der Waals surface area contributed by atoms with Gasteiger partial charge in [-0.2, -0.15) is 0 Å². The van der Waals surface area contributed by atoms with Crippen LogP contribution in [0.2, 0.25) is 0 Å². The van der Waals surface area contributed by atoms with Gasteiger partial charge in [-0.15, -0.1) is 0 Å². The van der Waals surface area contributed by atoms with Crippen molar-refractivity contribution in [2.24, 2.45) is 10.9 Å². The fourth-order valence-corrected chi connectivity index (χ4v) is 2.08. The molecule has 0 aromatic carbocycles. The highest BCUT2D eigenvalue weighted by atomic mass is 14.8. The van der Waals surface area contributed by atoms with Gasteiger partial charge in [0.05, 0.1) is 6.04 Å². The maximum atomic E-state index is 4.71. The molecular weight excluding hydrogens is 184 g/mol. The van der Waals surface area contributed by atoms with Crippen molar-refractivity contribution < 1.29 is 0 Å². The topological polar surface area (TPSA) is 25.2 Å². The lowest BCUT2D eigenvalue weighted by Crippen LogP contribution is -2.05.